The van der Waals surface area contributed by atoms with Crippen LogP contribution in [-0.4, -0.2) is 73.9 Å². The molecular formula is C47H48N8O4. The summed E-state index contributed by atoms with van der Waals surface area (Å²) < 4.78 is 4.79. The minimum absolute atomic E-state index is 0.0813. The van der Waals surface area contributed by atoms with Crippen molar-refractivity contribution in [2.24, 2.45) is 11.7 Å². The van der Waals surface area contributed by atoms with Crippen molar-refractivity contribution in [1.29, 1.82) is 0 Å². The first kappa shape index (κ1) is 38.0. The van der Waals surface area contributed by atoms with Gasteiger partial charge in [-0.25, -0.2) is 14.8 Å². The molecular weight excluding hydrogens is 741 g/mol. The molecule has 4 unspecified atom stereocenters. The third-order valence-electron chi connectivity index (χ3n) is 12.1. The van der Waals surface area contributed by atoms with E-state index >= 15 is 0 Å². The zero-order chi connectivity index (χ0) is 40.8. The lowest BCUT2D eigenvalue weighted by Gasteiger charge is -2.29. The number of aromatic amines is 2. The minimum Gasteiger partial charge on any atom is -0.453 e. The number of hydrogen-bond donors (Lipinski definition) is 4. The fourth-order valence-corrected chi connectivity index (χ4v) is 8.90. The van der Waals surface area contributed by atoms with Crippen molar-refractivity contribution in [2.75, 3.05) is 20.2 Å². The first-order valence-corrected chi connectivity index (χ1v) is 20.4. The summed E-state index contributed by atoms with van der Waals surface area (Å²) >= 11 is 0. The van der Waals surface area contributed by atoms with Crippen LogP contribution in [0.15, 0.2) is 103 Å². The number of fused-ring (bicyclic) bond motifs is 4. The highest BCUT2D eigenvalue weighted by Gasteiger charge is 2.38. The van der Waals surface area contributed by atoms with Crippen molar-refractivity contribution < 1.29 is 19.1 Å². The van der Waals surface area contributed by atoms with E-state index in [-0.39, 0.29) is 29.8 Å². The third-order valence-corrected chi connectivity index (χ3v) is 12.1. The number of H-pyrrole nitrogens is 2. The Balaban J connectivity index is 0.927. The lowest BCUT2D eigenvalue weighted by atomic mass is 9.97. The van der Waals surface area contributed by atoms with Crippen molar-refractivity contribution in [3.05, 3.63) is 120 Å². The van der Waals surface area contributed by atoms with E-state index in [9.17, 15) is 14.4 Å². The molecule has 0 bridgehead atoms. The maximum Gasteiger partial charge on any atom is 0.407 e. The van der Waals surface area contributed by atoms with Crippen molar-refractivity contribution in [2.45, 2.75) is 63.7 Å². The number of likely N-dealkylation sites (tertiary alicyclic amines) is 2. The summed E-state index contributed by atoms with van der Waals surface area (Å²) in [7, 11) is 1.30. The Kier molecular flexibility index (Phi) is 10.1. The minimum atomic E-state index is -0.705. The summed E-state index contributed by atoms with van der Waals surface area (Å²) in [6.45, 7) is 5.09. The number of nitrogens with two attached hydrogens (primary N) is 1. The standard InChI is InChI=1S/C47H48N8O4/c1-27(2)41(53-47(58)59-3)46(57)55-22-8-12-39(55)44-50-36-20-18-33-24-32(17-19-35(33)42(36)52-44)29-13-14-31-25-34(16-15-30(31)23-29)37-26-49-43(51-37)38-11-7-21-54(38)45(56)40(48)28-9-5-4-6-10-28/h4-6,9-10,13-20,23-27,38-41H,7-8,11-12,21-22,48H2,1-3H3,(H,49,51)(H,50,52)(H,53,58). The average Bonchev–Trinajstić information content (AvgIpc) is 4.11. The van der Waals surface area contributed by atoms with E-state index in [1.807, 2.05) is 66.2 Å². The average molecular weight is 789 g/mol. The number of methoxy groups -OCH3 is 1. The molecule has 0 aliphatic carbocycles. The van der Waals surface area contributed by atoms with Crippen LogP contribution >= 0.6 is 0 Å². The number of alkyl carbamates (subject to hydrolysis) is 1. The molecule has 12 nitrogen and oxygen atoms in total. The van der Waals surface area contributed by atoms with Crippen molar-refractivity contribution in [3.63, 3.8) is 0 Å². The van der Waals surface area contributed by atoms with Crippen molar-refractivity contribution in [1.82, 2.24) is 35.1 Å². The van der Waals surface area contributed by atoms with Gasteiger partial charge in [0.15, 0.2) is 0 Å². The van der Waals surface area contributed by atoms with Crippen LogP contribution in [0, 0.1) is 5.92 Å². The molecule has 7 aromatic rings. The number of rotatable bonds is 9. The van der Waals surface area contributed by atoms with Crippen LogP contribution in [-0.2, 0) is 14.3 Å². The number of benzene rings is 5. The molecule has 12 heteroatoms. The molecule has 59 heavy (non-hydrogen) atoms. The number of aromatic nitrogens is 4. The number of amides is 3. The Bertz CT molecular complexity index is 2710. The zero-order valence-electron chi connectivity index (χ0n) is 33.4. The third kappa shape index (κ3) is 7.18. The van der Waals surface area contributed by atoms with Crippen LogP contribution in [0.5, 0.6) is 0 Å². The summed E-state index contributed by atoms with van der Waals surface area (Å²) in [6.07, 6.45) is 4.62. The number of hydrogen-bond acceptors (Lipinski definition) is 7. The van der Waals surface area contributed by atoms with Crippen LogP contribution < -0.4 is 11.1 Å². The van der Waals surface area contributed by atoms with Gasteiger partial charge in [0.25, 0.3) is 0 Å². The second-order valence-corrected chi connectivity index (χ2v) is 16.1. The summed E-state index contributed by atoms with van der Waals surface area (Å²) in [5, 5.41) is 7.10. The van der Waals surface area contributed by atoms with Gasteiger partial charge in [-0.05, 0) is 88.7 Å². The van der Waals surface area contributed by atoms with E-state index in [2.05, 4.69) is 75.9 Å². The van der Waals surface area contributed by atoms with Gasteiger partial charge >= 0.3 is 6.09 Å². The van der Waals surface area contributed by atoms with E-state index < -0.39 is 18.2 Å². The van der Waals surface area contributed by atoms with Gasteiger partial charge in [0, 0.05) is 24.0 Å². The molecule has 2 fully saturated rings. The first-order chi connectivity index (χ1) is 28.7. The lowest BCUT2D eigenvalue weighted by molar-refractivity contribution is -0.135. The molecule has 2 aromatic heterocycles. The molecule has 0 saturated carbocycles. The molecule has 300 valence electrons. The zero-order valence-corrected chi connectivity index (χ0v) is 33.4. The molecule has 5 N–H and O–H groups in total. The van der Waals surface area contributed by atoms with Gasteiger partial charge in [0.2, 0.25) is 11.8 Å². The molecule has 2 saturated heterocycles. The molecule has 4 atom stereocenters. The summed E-state index contributed by atoms with van der Waals surface area (Å²) in [5.41, 5.74) is 13.2. The number of ether oxygens (including phenoxy) is 1. The molecule has 0 spiro atoms. The first-order valence-electron chi connectivity index (χ1n) is 20.4. The van der Waals surface area contributed by atoms with Gasteiger partial charge in [-0.15, -0.1) is 0 Å². The summed E-state index contributed by atoms with van der Waals surface area (Å²) in [6, 6.07) is 31.3. The van der Waals surface area contributed by atoms with E-state index in [0.717, 1.165) is 97.9 Å². The number of carbonyl (C=O) groups is 3. The van der Waals surface area contributed by atoms with E-state index in [4.69, 9.17) is 20.4 Å². The SMILES string of the molecule is COC(=O)NC(C(=O)N1CCCC1c1nc2ccc3cc(-c4ccc5cc(-c6cnc(C7CCCN7C(=O)C(N)c7ccccc7)[nH]6)ccc5c4)ccc3c2[nH]1)C(C)C. The highest BCUT2D eigenvalue weighted by Crippen LogP contribution is 2.37. The summed E-state index contributed by atoms with van der Waals surface area (Å²) in [4.78, 5) is 59.7. The van der Waals surface area contributed by atoms with E-state index in [1.165, 1.54) is 7.11 Å². The van der Waals surface area contributed by atoms with Gasteiger partial charge in [-0.1, -0.05) is 86.6 Å². The van der Waals surface area contributed by atoms with E-state index in [0.29, 0.717) is 13.1 Å². The predicted molar refractivity (Wildman–Crippen MR) is 229 cm³/mol. The smallest absolute Gasteiger partial charge is 0.407 e. The van der Waals surface area contributed by atoms with Crippen LogP contribution in [0.4, 0.5) is 4.79 Å². The normalized spacial score (nSPS) is 17.9. The number of imidazole rings is 2. The number of nitrogens with zero attached hydrogens (tertiary/aromatic N) is 4. The van der Waals surface area contributed by atoms with Gasteiger partial charge in [0.05, 0.1) is 42.1 Å². The Morgan fingerprint density at radius 3 is 2.10 bits per heavy atom. The monoisotopic (exact) mass is 788 g/mol. The Morgan fingerprint density at radius 2 is 1.39 bits per heavy atom. The highest BCUT2D eigenvalue weighted by molar-refractivity contribution is 6.05. The molecule has 2 aliphatic heterocycles. The topological polar surface area (TPSA) is 162 Å². The lowest BCUT2D eigenvalue weighted by Crippen LogP contribution is -2.51. The molecule has 3 amide bonds. The van der Waals surface area contributed by atoms with Crippen molar-refractivity contribution in [3.8, 4) is 22.4 Å². The highest BCUT2D eigenvalue weighted by atomic mass is 16.5. The Morgan fingerprint density at radius 1 is 0.763 bits per heavy atom. The second-order valence-electron chi connectivity index (χ2n) is 16.1. The summed E-state index contributed by atoms with van der Waals surface area (Å²) in [5.74, 6) is 1.22. The molecule has 2 aliphatic rings. The maximum absolute atomic E-state index is 13.7. The Labute approximate surface area is 342 Å². The van der Waals surface area contributed by atoms with Crippen LogP contribution in [0.3, 0.4) is 0 Å². The fourth-order valence-electron chi connectivity index (χ4n) is 8.90. The van der Waals surface area contributed by atoms with Gasteiger partial charge in [0.1, 0.15) is 23.7 Å². The van der Waals surface area contributed by atoms with Crippen LogP contribution in [0.1, 0.15) is 74.9 Å². The molecule has 4 heterocycles. The molecule has 9 rings (SSSR count). The predicted octanol–water partition coefficient (Wildman–Crippen LogP) is 8.33. The number of nitrogens with one attached hydrogen (secondary N) is 3. The second kappa shape index (κ2) is 15.7. The Hall–Kier alpha value is -6.53. The fraction of sp³-hybridized carbons (Fsp3) is 0.298. The quantitative estimate of drug-likeness (QED) is 0.114. The largest absolute Gasteiger partial charge is 0.453 e. The maximum atomic E-state index is 13.7. The van der Waals surface area contributed by atoms with E-state index in [1.54, 1.807) is 0 Å². The van der Waals surface area contributed by atoms with Crippen molar-refractivity contribution >= 4 is 50.5 Å². The van der Waals surface area contributed by atoms with Gasteiger partial charge < -0.3 is 35.6 Å². The van der Waals surface area contributed by atoms with Crippen LogP contribution in [0.2, 0.25) is 0 Å². The number of carbonyl (C=O) groups excluding carboxylic acids is 3. The van der Waals surface area contributed by atoms with Gasteiger partial charge in [-0.3, -0.25) is 9.59 Å². The molecule has 5 aromatic carbocycles. The van der Waals surface area contributed by atoms with Crippen LogP contribution in [0.25, 0.3) is 55.0 Å². The van der Waals surface area contributed by atoms with Gasteiger partial charge in [-0.2, -0.15) is 0 Å². The molecule has 0 radical (unpaired) electrons.